The molecule has 3 N–H and O–H groups in total. The van der Waals surface area contributed by atoms with Crippen LogP contribution in [0.2, 0.25) is 0 Å². The fourth-order valence-electron chi connectivity index (χ4n) is 2.15. The van der Waals surface area contributed by atoms with E-state index >= 15 is 0 Å². The summed E-state index contributed by atoms with van der Waals surface area (Å²) >= 11 is 0. The smallest absolute Gasteiger partial charge is 0.252 e. The van der Waals surface area contributed by atoms with Crippen molar-refractivity contribution in [2.24, 2.45) is 5.73 Å². The molecule has 0 saturated carbocycles. The summed E-state index contributed by atoms with van der Waals surface area (Å²) < 4.78 is 5.53. The first kappa shape index (κ1) is 14.3. The van der Waals surface area contributed by atoms with Gasteiger partial charge in [-0.25, -0.2) is 0 Å². The van der Waals surface area contributed by atoms with Crippen molar-refractivity contribution < 1.29 is 9.21 Å². The number of aryl methyl sites for hydroxylation is 1. The minimum Gasteiger partial charge on any atom is -0.464 e. The van der Waals surface area contributed by atoms with Gasteiger partial charge >= 0.3 is 0 Å². The summed E-state index contributed by atoms with van der Waals surface area (Å²) in [5.74, 6) is 1.49. The van der Waals surface area contributed by atoms with Crippen LogP contribution in [0.4, 0.5) is 0 Å². The van der Waals surface area contributed by atoms with Gasteiger partial charge in [-0.15, -0.1) is 0 Å². The molecule has 106 valence electrons. The van der Waals surface area contributed by atoms with E-state index in [9.17, 15) is 4.79 Å². The Morgan fingerprint density at radius 2 is 2.05 bits per heavy atom. The lowest BCUT2D eigenvalue weighted by Crippen LogP contribution is -2.27. The molecule has 1 atom stereocenters. The van der Waals surface area contributed by atoms with E-state index in [0.29, 0.717) is 18.5 Å². The third kappa shape index (κ3) is 3.27. The predicted molar refractivity (Wildman–Crippen MR) is 78.5 cm³/mol. The average molecular weight is 272 g/mol. The maximum Gasteiger partial charge on any atom is 0.252 e. The van der Waals surface area contributed by atoms with Crippen molar-refractivity contribution in [2.45, 2.75) is 26.3 Å². The van der Waals surface area contributed by atoms with E-state index in [4.69, 9.17) is 10.2 Å². The van der Waals surface area contributed by atoms with E-state index in [0.717, 1.165) is 17.1 Å². The Hall–Kier alpha value is -2.07. The summed E-state index contributed by atoms with van der Waals surface area (Å²) in [5, 5.41) is 2.95. The van der Waals surface area contributed by atoms with Crippen LogP contribution in [0.25, 0.3) is 0 Å². The third-order valence-corrected chi connectivity index (χ3v) is 3.21. The molecule has 1 aromatic heterocycles. The van der Waals surface area contributed by atoms with E-state index in [1.54, 1.807) is 0 Å². The first-order valence-corrected chi connectivity index (χ1v) is 6.77. The van der Waals surface area contributed by atoms with Crippen molar-refractivity contribution in [1.29, 1.82) is 0 Å². The highest BCUT2D eigenvalue weighted by Crippen LogP contribution is 2.17. The van der Waals surface area contributed by atoms with E-state index in [-0.39, 0.29) is 11.9 Å². The Morgan fingerprint density at radius 1 is 1.30 bits per heavy atom. The lowest BCUT2D eigenvalue weighted by Gasteiger charge is -2.13. The van der Waals surface area contributed by atoms with Crippen molar-refractivity contribution >= 4 is 5.91 Å². The largest absolute Gasteiger partial charge is 0.464 e. The van der Waals surface area contributed by atoms with Gasteiger partial charge in [0, 0.05) is 5.56 Å². The second-order valence-corrected chi connectivity index (χ2v) is 4.84. The van der Waals surface area contributed by atoms with Crippen LogP contribution in [0, 0.1) is 6.92 Å². The lowest BCUT2D eigenvalue weighted by molar-refractivity contribution is 0.0934. The average Bonchev–Trinajstić information content (AvgIpc) is 2.86. The Bertz CT molecular complexity index is 590. The molecule has 0 radical (unpaired) electrons. The number of hydrogen-bond donors (Lipinski definition) is 2. The first-order valence-electron chi connectivity index (χ1n) is 6.77. The first-order chi connectivity index (χ1) is 9.61. The van der Waals surface area contributed by atoms with Gasteiger partial charge in [-0.2, -0.15) is 0 Å². The predicted octanol–water partition coefficient (Wildman–Crippen LogP) is 2.58. The van der Waals surface area contributed by atoms with Gasteiger partial charge < -0.3 is 15.5 Å². The molecule has 4 heteroatoms. The molecule has 0 bridgehead atoms. The summed E-state index contributed by atoms with van der Waals surface area (Å²) in [6.07, 6.45) is 0.692. The highest BCUT2D eigenvalue weighted by Gasteiger charge is 2.16. The zero-order valence-electron chi connectivity index (χ0n) is 11.8. The number of nitrogens with two attached hydrogens (primary N) is 1. The highest BCUT2D eigenvalue weighted by molar-refractivity contribution is 5.95. The van der Waals surface area contributed by atoms with Gasteiger partial charge in [0.15, 0.2) is 0 Å². The molecule has 0 spiro atoms. The zero-order valence-corrected chi connectivity index (χ0v) is 11.8. The second-order valence-electron chi connectivity index (χ2n) is 4.84. The molecule has 0 saturated heterocycles. The van der Waals surface area contributed by atoms with Crippen molar-refractivity contribution in [3.63, 3.8) is 0 Å². The normalized spacial score (nSPS) is 12.2. The van der Waals surface area contributed by atoms with Crippen LogP contribution < -0.4 is 11.1 Å². The van der Waals surface area contributed by atoms with Gasteiger partial charge in [-0.1, -0.05) is 18.2 Å². The molecule has 0 aliphatic rings. The second kappa shape index (κ2) is 6.39. The number of carbonyl (C=O) groups excluding carboxylic acids is 1. The van der Waals surface area contributed by atoms with Gasteiger partial charge in [-0.05, 0) is 50.6 Å². The van der Waals surface area contributed by atoms with Gasteiger partial charge in [0.25, 0.3) is 5.91 Å². The number of rotatable bonds is 5. The van der Waals surface area contributed by atoms with Crippen LogP contribution >= 0.6 is 0 Å². The summed E-state index contributed by atoms with van der Waals surface area (Å²) in [5.41, 5.74) is 7.22. The molecule has 4 nitrogen and oxygen atoms in total. The van der Waals surface area contributed by atoms with E-state index in [2.05, 4.69) is 5.32 Å². The molecule has 20 heavy (non-hydrogen) atoms. The molecule has 1 amide bonds. The monoisotopic (exact) mass is 272 g/mol. The standard InChI is InChI=1S/C16H20N2O2/c1-11-7-8-15(20-11)12(2)18-16(19)14-6-4-3-5-13(14)9-10-17/h3-8,12H,9-10,17H2,1-2H3,(H,18,19). The molecule has 2 rings (SSSR count). The van der Waals surface area contributed by atoms with E-state index in [1.165, 1.54) is 0 Å². The number of nitrogens with one attached hydrogen (secondary N) is 1. The maximum absolute atomic E-state index is 12.3. The highest BCUT2D eigenvalue weighted by atomic mass is 16.3. The summed E-state index contributed by atoms with van der Waals surface area (Å²) in [6, 6.07) is 11.1. The molecule has 0 aliphatic carbocycles. The molecular formula is C16H20N2O2. The quantitative estimate of drug-likeness (QED) is 0.879. The Labute approximate surface area is 119 Å². The molecule has 2 aromatic rings. The molecule has 1 heterocycles. The molecular weight excluding hydrogens is 252 g/mol. The number of benzene rings is 1. The molecule has 0 fully saturated rings. The van der Waals surface area contributed by atoms with Crippen LogP contribution in [0.3, 0.4) is 0 Å². The summed E-state index contributed by atoms with van der Waals surface area (Å²) in [4.78, 5) is 12.3. The Kier molecular flexibility index (Phi) is 4.58. The topological polar surface area (TPSA) is 68.3 Å². The van der Waals surface area contributed by atoms with Crippen LogP contribution in [-0.2, 0) is 6.42 Å². The van der Waals surface area contributed by atoms with Crippen molar-refractivity contribution in [1.82, 2.24) is 5.32 Å². The summed E-state index contributed by atoms with van der Waals surface area (Å²) in [7, 11) is 0. The SMILES string of the molecule is Cc1ccc(C(C)NC(=O)c2ccccc2CCN)o1. The number of furan rings is 1. The number of amides is 1. The molecule has 0 aliphatic heterocycles. The van der Waals surface area contributed by atoms with Gasteiger partial charge in [0.2, 0.25) is 0 Å². The molecule has 1 unspecified atom stereocenters. The van der Waals surface area contributed by atoms with Gasteiger partial charge in [0.1, 0.15) is 11.5 Å². The maximum atomic E-state index is 12.3. The number of carbonyl (C=O) groups is 1. The van der Waals surface area contributed by atoms with Crippen molar-refractivity contribution in [3.8, 4) is 0 Å². The fraction of sp³-hybridized carbons (Fsp3) is 0.312. The third-order valence-electron chi connectivity index (χ3n) is 3.21. The van der Waals surface area contributed by atoms with Crippen LogP contribution in [0.15, 0.2) is 40.8 Å². The minimum absolute atomic E-state index is 0.101. The number of hydrogen-bond acceptors (Lipinski definition) is 3. The van der Waals surface area contributed by atoms with Crippen molar-refractivity contribution in [2.75, 3.05) is 6.54 Å². The lowest BCUT2D eigenvalue weighted by atomic mass is 10.0. The van der Waals surface area contributed by atoms with Gasteiger partial charge in [-0.3, -0.25) is 4.79 Å². The van der Waals surface area contributed by atoms with Crippen molar-refractivity contribution in [3.05, 3.63) is 59.0 Å². The van der Waals surface area contributed by atoms with Crippen LogP contribution in [-0.4, -0.2) is 12.5 Å². The van der Waals surface area contributed by atoms with Crippen LogP contribution in [0.5, 0.6) is 0 Å². The Balaban J connectivity index is 2.12. The summed E-state index contributed by atoms with van der Waals surface area (Å²) in [6.45, 7) is 4.31. The van der Waals surface area contributed by atoms with Gasteiger partial charge in [0.05, 0.1) is 6.04 Å². The minimum atomic E-state index is -0.165. The van der Waals surface area contributed by atoms with E-state index in [1.807, 2.05) is 50.2 Å². The zero-order chi connectivity index (χ0) is 14.5. The van der Waals surface area contributed by atoms with E-state index < -0.39 is 0 Å². The fourth-order valence-corrected chi connectivity index (χ4v) is 2.15. The molecule has 1 aromatic carbocycles. The van der Waals surface area contributed by atoms with Crippen LogP contribution in [0.1, 0.15) is 40.4 Å². The Morgan fingerprint density at radius 3 is 2.70 bits per heavy atom.